The number of benzene rings is 2. The smallest absolute Gasteiger partial charge is 0.0845 e. The van der Waals surface area contributed by atoms with Gasteiger partial charge in [0.25, 0.3) is 0 Å². The number of hydrogen-bond donors (Lipinski definition) is 2. The van der Waals surface area contributed by atoms with Crippen molar-refractivity contribution < 1.29 is 10.2 Å². The van der Waals surface area contributed by atoms with Crippen molar-refractivity contribution in [1.82, 2.24) is 14.4 Å². The second-order valence-electron chi connectivity index (χ2n) is 7.31. The molecule has 27 heavy (non-hydrogen) atoms. The first-order valence-electron chi connectivity index (χ1n) is 9.56. The number of para-hydroxylation sites is 1. The Morgan fingerprint density at radius 3 is 2.37 bits per heavy atom. The van der Waals surface area contributed by atoms with Gasteiger partial charge >= 0.3 is 0 Å². The van der Waals surface area contributed by atoms with Crippen LogP contribution >= 0.6 is 22.6 Å². The normalized spacial score (nSPS) is 17.7. The minimum Gasteiger partial charge on any atom is -0.395 e. The molecule has 5 nitrogen and oxygen atoms in total. The third-order valence-electron chi connectivity index (χ3n) is 5.48. The number of rotatable bonds is 6. The van der Waals surface area contributed by atoms with E-state index in [2.05, 4.69) is 79.4 Å². The Bertz CT molecular complexity index is 918. The molecule has 6 heteroatoms. The van der Waals surface area contributed by atoms with Crippen LogP contribution in [-0.2, 0) is 6.54 Å². The Labute approximate surface area is 173 Å². The molecule has 1 saturated heterocycles. The molecule has 0 unspecified atom stereocenters. The van der Waals surface area contributed by atoms with Crippen molar-refractivity contribution in [3.05, 3.63) is 46.0 Å². The van der Waals surface area contributed by atoms with Gasteiger partial charge in [-0.3, -0.25) is 9.80 Å². The lowest BCUT2D eigenvalue weighted by molar-refractivity contribution is 0.0601. The number of β-amino-alcohol motifs (C(OH)–C–C–N with tert-alkyl or cyclic N) is 2. The van der Waals surface area contributed by atoms with E-state index in [1.807, 2.05) is 0 Å². The summed E-state index contributed by atoms with van der Waals surface area (Å²) in [4.78, 5) is 4.60. The number of fused-ring (bicyclic) bond motifs is 3. The Morgan fingerprint density at radius 1 is 0.889 bits per heavy atom. The second-order valence-corrected chi connectivity index (χ2v) is 8.55. The molecule has 2 aromatic carbocycles. The molecule has 1 fully saturated rings. The van der Waals surface area contributed by atoms with Crippen molar-refractivity contribution in [2.75, 3.05) is 45.9 Å². The van der Waals surface area contributed by atoms with Crippen LogP contribution in [0.1, 0.15) is 0 Å². The zero-order valence-electron chi connectivity index (χ0n) is 15.4. The van der Waals surface area contributed by atoms with Crippen LogP contribution in [0.5, 0.6) is 0 Å². The summed E-state index contributed by atoms with van der Waals surface area (Å²) in [6, 6.07) is 15.0. The summed E-state index contributed by atoms with van der Waals surface area (Å²) in [6.07, 6.45) is -0.410. The lowest BCUT2D eigenvalue weighted by Gasteiger charge is -2.35. The molecule has 0 spiro atoms. The van der Waals surface area contributed by atoms with Gasteiger partial charge in [-0.2, -0.15) is 0 Å². The highest BCUT2D eigenvalue weighted by atomic mass is 127. The molecule has 2 heterocycles. The summed E-state index contributed by atoms with van der Waals surface area (Å²) in [7, 11) is 0. The van der Waals surface area contributed by atoms with Gasteiger partial charge in [0.05, 0.1) is 19.3 Å². The van der Waals surface area contributed by atoms with Crippen LogP contribution in [0.25, 0.3) is 21.8 Å². The van der Waals surface area contributed by atoms with Crippen molar-refractivity contribution in [3.8, 4) is 0 Å². The molecular formula is C21H26IN3O2. The minimum atomic E-state index is -0.410. The Morgan fingerprint density at radius 2 is 1.59 bits per heavy atom. The van der Waals surface area contributed by atoms with Gasteiger partial charge in [-0.1, -0.05) is 18.2 Å². The zero-order chi connectivity index (χ0) is 18.8. The van der Waals surface area contributed by atoms with Crippen molar-refractivity contribution in [1.29, 1.82) is 0 Å². The van der Waals surface area contributed by atoms with E-state index >= 15 is 0 Å². The van der Waals surface area contributed by atoms with E-state index in [9.17, 15) is 5.11 Å². The average molecular weight is 479 g/mol. The van der Waals surface area contributed by atoms with Gasteiger partial charge < -0.3 is 14.8 Å². The molecule has 1 aliphatic rings. The summed E-state index contributed by atoms with van der Waals surface area (Å²) in [5.41, 5.74) is 2.37. The van der Waals surface area contributed by atoms with Crippen LogP contribution in [-0.4, -0.2) is 76.6 Å². The fraction of sp³-hybridized carbons (Fsp3) is 0.429. The van der Waals surface area contributed by atoms with Gasteiger partial charge in [-0.05, 0) is 46.9 Å². The number of aliphatic hydroxyl groups excluding tert-OH is 2. The van der Waals surface area contributed by atoms with E-state index in [4.69, 9.17) is 5.11 Å². The Hall–Kier alpha value is -1.19. The van der Waals surface area contributed by atoms with Crippen LogP contribution in [0.2, 0.25) is 0 Å². The SMILES string of the molecule is OCCN1CCN(C[C@H](O)Cn2c3ccccc3c3cc(I)ccc32)CC1. The highest BCUT2D eigenvalue weighted by molar-refractivity contribution is 14.1. The van der Waals surface area contributed by atoms with Gasteiger partial charge in [0.1, 0.15) is 0 Å². The van der Waals surface area contributed by atoms with E-state index in [-0.39, 0.29) is 6.61 Å². The third kappa shape index (κ3) is 4.14. The summed E-state index contributed by atoms with van der Waals surface area (Å²) in [5.74, 6) is 0. The van der Waals surface area contributed by atoms with E-state index < -0.39 is 6.10 Å². The number of hydrogen-bond acceptors (Lipinski definition) is 4. The van der Waals surface area contributed by atoms with E-state index in [0.717, 1.165) is 32.7 Å². The number of aliphatic hydroxyl groups is 2. The first-order chi connectivity index (χ1) is 13.2. The predicted molar refractivity (Wildman–Crippen MR) is 118 cm³/mol. The number of halogens is 1. The van der Waals surface area contributed by atoms with Gasteiger partial charge in [0, 0.05) is 64.6 Å². The van der Waals surface area contributed by atoms with E-state index in [1.54, 1.807) is 0 Å². The van der Waals surface area contributed by atoms with Crippen LogP contribution in [0.15, 0.2) is 42.5 Å². The molecule has 1 aromatic heterocycles. The minimum absolute atomic E-state index is 0.218. The van der Waals surface area contributed by atoms with Gasteiger partial charge in [-0.25, -0.2) is 0 Å². The molecule has 144 valence electrons. The molecule has 0 saturated carbocycles. The monoisotopic (exact) mass is 479 g/mol. The maximum atomic E-state index is 10.8. The zero-order valence-corrected chi connectivity index (χ0v) is 17.5. The van der Waals surface area contributed by atoms with Crippen LogP contribution in [0, 0.1) is 3.57 Å². The summed E-state index contributed by atoms with van der Waals surface area (Å²) in [5, 5.41) is 22.4. The van der Waals surface area contributed by atoms with Gasteiger partial charge in [0.15, 0.2) is 0 Å². The first kappa shape index (κ1) is 19.1. The molecule has 0 aliphatic carbocycles. The summed E-state index contributed by atoms with van der Waals surface area (Å²) in [6.45, 7) is 6.06. The largest absolute Gasteiger partial charge is 0.395 e. The fourth-order valence-electron chi connectivity index (χ4n) is 4.13. The number of nitrogens with zero attached hydrogens (tertiary/aromatic N) is 3. The van der Waals surface area contributed by atoms with Crippen LogP contribution in [0.3, 0.4) is 0 Å². The third-order valence-corrected chi connectivity index (χ3v) is 6.15. The van der Waals surface area contributed by atoms with Crippen molar-refractivity contribution in [3.63, 3.8) is 0 Å². The average Bonchev–Trinajstić information content (AvgIpc) is 2.97. The van der Waals surface area contributed by atoms with Crippen molar-refractivity contribution in [2.24, 2.45) is 0 Å². The summed E-state index contributed by atoms with van der Waals surface area (Å²) < 4.78 is 3.48. The standard InChI is InChI=1S/C21H26IN3O2/c22-16-5-6-21-19(13-16)18-3-1-2-4-20(18)25(21)15-17(27)14-24-9-7-23(8-10-24)11-12-26/h1-6,13,17,26-27H,7-12,14-15H2/t17-/m0/s1. The van der Waals surface area contributed by atoms with Crippen LogP contribution < -0.4 is 0 Å². The maximum absolute atomic E-state index is 10.8. The lowest BCUT2D eigenvalue weighted by Crippen LogP contribution is -2.49. The lowest BCUT2D eigenvalue weighted by atomic mass is 10.2. The topological polar surface area (TPSA) is 51.9 Å². The highest BCUT2D eigenvalue weighted by Gasteiger charge is 2.20. The predicted octanol–water partition coefficient (Wildman–Crippen LogP) is 2.37. The second kappa shape index (κ2) is 8.45. The molecule has 1 atom stereocenters. The number of piperazine rings is 1. The molecular weight excluding hydrogens is 453 g/mol. The first-order valence-corrected chi connectivity index (χ1v) is 10.6. The van der Waals surface area contributed by atoms with Crippen molar-refractivity contribution >= 4 is 44.4 Å². The quantitative estimate of drug-likeness (QED) is 0.534. The molecule has 2 N–H and O–H groups in total. The van der Waals surface area contributed by atoms with Crippen molar-refractivity contribution in [2.45, 2.75) is 12.6 Å². The maximum Gasteiger partial charge on any atom is 0.0845 e. The number of aromatic nitrogens is 1. The molecule has 0 amide bonds. The van der Waals surface area contributed by atoms with Gasteiger partial charge in [-0.15, -0.1) is 0 Å². The fourth-order valence-corrected chi connectivity index (χ4v) is 4.62. The highest BCUT2D eigenvalue weighted by Crippen LogP contribution is 2.30. The molecule has 0 radical (unpaired) electrons. The summed E-state index contributed by atoms with van der Waals surface area (Å²) >= 11 is 2.35. The molecule has 0 bridgehead atoms. The van der Waals surface area contributed by atoms with Gasteiger partial charge in [0.2, 0.25) is 0 Å². The Kier molecular flexibility index (Phi) is 5.99. The molecule has 3 aromatic rings. The van der Waals surface area contributed by atoms with E-state index in [0.29, 0.717) is 13.1 Å². The molecule has 4 rings (SSSR count). The van der Waals surface area contributed by atoms with Crippen LogP contribution in [0.4, 0.5) is 0 Å². The van der Waals surface area contributed by atoms with E-state index in [1.165, 1.54) is 25.4 Å². The Balaban J connectivity index is 1.51. The molecule has 1 aliphatic heterocycles.